The average Bonchev–Trinajstić information content (AvgIpc) is 3.60. The largest absolute Gasteiger partial charge is 0.490 e. The fraction of sp³-hybridized carbons (Fsp3) is 0.440. The SMILES string of the molecule is CC[C@@H](Oc1ncc(Cl)cc1Cl)C(=O)NCc1cccc(NC(=O)NC2(C3CNC3)CC2)c1.O=C(O)C(F)(F)F. The Labute approximate surface area is 238 Å². The number of ether oxygens (including phenoxy) is 1. The summed E-state index contributed by atoms with van der Waals surface area (Å²) in [6.45, 7) is 4.04. The number of nitrogens with zero attached hydrogens (tertiary/aromatic N) is 1. The van der Waals surface area contributed by atoms with Crippen molar-refractivity contribution in [2.24, 2.45) is 5.92 Å². The number of amides is 3. The second kappa shape index (κ2) is 13.4. The molecule has 0 spiro atoms. The number of halogens is 5. The van der Waals surface area contributed by atoms with Crippen molar-refractivity contribution < 1.29 is 37.4 Å². The minimum absolute atomic E-state index is 0.0576. The lowest BCUT2D eigenvalue weighted by Crippen LogP contribution is -2.57. The molecule has 3 amide bonds. The Balaban J connectivity index is 0.000000559. The molecule has 1 aromatic heterocycles. The molecule has 15 heteroatoms. The third-order valence-electron chi connectivity index (χ3n) is 6.30. The maximum Gasteiger partial charge on any atom is 0.490 e. The molecule has 10 nitrogen and oxygen atoms in total. The lowest BCUT2D eigenvalue weighted by atomic mass is 9.91. The lowest BCUT2D eigenvalue weighted by molar-refractivity contribution is -0.192. The summed E-state index contributed by atoms with van der Waals surface area (Å²) in [6.07, 6.45) is -1.94. The standard InChI is InChI=1S/C23H27Cl2N5O3.C2HF3O2/c1-2-19(33-21-18(25)9-16(24)13-28-21)20(31)27-10-14-4-3-5-17(8-14)29-22(32)30-23(6-7-23)15-11-26-12-15;3-2(4,5)1(6)7/h3-5,8-9,13,15,19,26H,2,6-7,10-12H2,1H3,(H,27,31)(H2,29,30,32);(H,6,7)/t19-;/m1./s1. The van der Waals surface area contributed by atoms with Gasteiger partial charge in [-0.15, -0.1) is 0 Å². The first-order chi connectivity index (χ1) is 18.8. The molecule has 2 aromatic rings. The van der Waals surface area contributed by atoms with Crippen molar-refractivity contribution in [2.45, 2.75) is 50.6 Å². The number of pyridine rings is 1. The van der Waals surface area contributed by atoms with Gasteiger partial charge in [0, 0.05) is 43.0 Å². The van der Waals surface area contributed by atoms with Crippen molar-refractivity contribution in [3.63, 3.8) is 0 Å². The van der Waals surface area contributed by atoms with E-state index < -0.39 is 18.2 Å². The minimum atomic E-state index is -5.08. The summed E-state index contributed by atoms with van der Waals surface area (Å²) in [7, 11) is 0. The molecule has 40 heavy (non-hydrogen) atoms. The predicted molar refractivity (Wildman–Crippen MR) is 141 cm³/mol. The number of hydrogen-bond donors (Lipinski definition) is 5. The summed E-state index contributed by atoms with van der Waals surface area (Å²) in [5.41, 5.74) is 1.46. The number of anilines is 1. The van der Waals surface area contributed by atoms with E-state index in [-0.39, 0.29) is 34.9 Å². The Hall–Kier alpha value is -3.29. The van der Waals surface area contributed by atoms with E-state index in [0.29, 0.717) is 23.0 Å². The molecule has 4 rings (SSSR count). The van der Waals surface area contributed by atoms with Gasteiger partial charge in [-0.3, -0.25) is 4.79 Å². The smallest absolute Gasteiger partial charge is 0.475 e. The van der Waals surface area contributed by atoms with Crippen molar-refractivity contribution in [3.05, 3.63) is 52.1 Å². The Morgan fingerprint density at radius 3 is 2.42 bits per heavy atom. The van der Waals surface area contributed by atoms with Crippen molar-refractivity contribution in [1.82, 2.24) is 20.9 Å². The number of nitrogens with one attached hydrogen (secondary N) is 4. The van der Waals surface area contributed by atoms with Gasteiger partial charge in [0.1, 0.15) is 5.02 Å². The molecule has 2 heterocycles. The Bertz CT molecular complexity index is 1230. The van der Waals surface area contributed by atoms with Crippen LogP contribution in [0, 0.1) is 5.92 Å². The summed E-state index contributed by atoms with van der Waals surface area (Å²) in [6, 6.07) is 8.69. The van der Waals surface area contributed by atoms with Crippen molar-refractivity contribution in [3.8, 4) is 5.88 Å². The van der Waals surface area contributed by atoms with Crippen LogP contribution >= 0.6 is 23.2 Å². The van der Waals surface area contributed by atoms with Gasteiger partial charge in [0.2, 0.25) is 5.88 Å². The van der Waals surface area contributed by atoms with Gasteiger partial charge in [0.05, 0.1) is 5.02 Å². The molecular formula is C25H28Cl2F3N5O5. The molecule has 1 saturated heterocycles. The number of carboxylic acids is 1. The fourth-order valence-corrected chi connectivity index (χ4v) is 4.27. The van der Waals surface area contributed by atoms with Gasteiger partial charge < -0.3 is 31.1 Å². The van der Waals surface area contributed by atoms with E-state index in [4.69, 9.17) is 37.8 Å². The van der Waals surface area contributed by atoms with Crippen molar-refractivity contribution in [2.75, 3.05) is 18.4 Å². The number of hydrogen-bond acceptors (Lipinski definition) is 6. The second-order valence-corrected chi connectivity index (χ2v) is 10.1. The zero-order valence-corrected chi connectivity index (χ0v) is 22.8. The predicted octanol–water partition coefficient (Wildman–Crippen LogP) is 4.37. The number of carboxylic acid groups (broad SMARTS) is 1. The van der Waals surface area contributed by atoms with E-state index in [1.807, 2.05) is 31.2 Å². The Morgan fingerprint density at radius 2 is 1.90 bits per heavy atom. The van der Waals surface area contributed by atoms with Gasteiger partial charge in [-0.2, -0.15) is 13.2 Å². The highest BCUT2D eigenvalue weighted by Gasteiger charge is 2.52. The van der Waals surface area contributed by atoms with Crippen LogP contribution in [0.3, 0.4) is 0 Å². The van der Waals surface area contributed by atoms with E-state index in [1.165, 1.54) is 12.3 Å². The van der Waals surface area contributed by atoms with E-state index in [2.05, 4.69) is 26.3 Å². The molecule has 0 radical (unpaired) electrons. The number of aliphatic carboxylic acids is 1. The van der Waals surface area contributed by atoms with Crippen LogP contribution in [0.5, 0.6) is 5.88 Å². The first-order valence-corrected chi connectivity index (χ1v) is 13.0. The van der Waals surface area contributed by atoms with E-state index >= 15 is 0 Å². The van der Waals surface area contributed by atoms with Crippen LogP contribution in [-0.4, -0.2) is 58.9 Å². The molecule has 1 aromatic carbocycles. The molecule has 1 atom stereocenters. The summed E-state index contributed by atoms with van der Waals surface area (Å²) in [5, 5.41) is 19.9. The van der Waals surface area contributed by atoms with Crippen LogP contribution in [-0.2, 0) is 16.1 Å². The number of alkyl halides is 3. The molecule has 5 N–H and O–H groups in total. The molecule has 218 valence electrons. The summed E-state index contributed by atoms with van der Waals surface area (Å²) in [5.74, 6) is -2.37. The maximum absolute atomic E-state index is 12.6. The van der Waals surface area contributed by atoms with Gasteiger partial charge in [-0.25, -0.2) is 14.6 Å². The average molecular weight is 606 g/mol. The molecule has 1 aliphatic heterocycles. The summed E-state index contributed by atoms with van der Waals surface area (Å²) >= 11 is 11.9. The molecule has 2 fully saturated rings. The second-order valence-electron chi connectivity index (χ2n) is 9.27. The Kier molecular flexibility index (Phi) is 10.4. The number of urea groups is 1. The van der Waals surface area contributed by atoms with Crippen LogP contribution in [0.25, 0.3) is 0 Å². The van der Waals surface area contributed by atoms with Crippen LogP contribution in [0.1, 0.15) is 31.7 Å². The summed E-state index contributed by atoms with van der Waals surface area (Å²) < 4.78 is 37.4. The zero-order valence-electron chi connectivity index (χ0n) is 21.3. The van der Waals surface area contributed by atoms with Gasteiger partial charge in [-0.05, 0) is 43.0 Å². The highest BCUT2D eigenvalue weighted by atomic mass is 35.5. The molecule has 0 unspecified atom stereocenters. The number of aromatic nitrogens is 1. The van der Waals surface area contributed by atoms with E-state index in [0.717, 1.165) is 31.5 Å². The van der Waals surface area contributed by atoms with Crippen LogP contribution < -0.4 is 26.0 Å². The van der Waals surface area contributed by atoms with E-state index in [9.17, 15) is 22.8 Å². The monoisotopic (exact) mass is 605 g/mol. The normalized spacial score (nSPS) is 16.4. The number of rotatable bonds is 9. The molecular weight excluding hydrogens is 578 g/mol. The number of benzene rings is 1. The van der Waals surface area contributed by atoms with Crippen molar-refractivity contribution >= 4 is 46.8 Å². The van der Waals surface area contributed by atoms with Gasteiger partial charge in [0.25, 0.3) is 5.91 Å². The van der Waals surface area contributed by atoms with Crippen molar-refractivity contribution in [1.29, 1.82) is 0 Å². The van der Waals surface area contributed by atoms with Crippen LogP contribution in [0.4, 0.5) is 23.7 Å². The topological polar surface area (TPSA) is 142 Å². The minimum Gasteiger partial charge on any atom is -0.475 e. The number of carbonyl (C=O) groups is 3. The van der Waals surface area contributed by atoms with Crippen LogP contribution in [0.2, 0.25) is 10.0 Å². The van der Waals surface area contributed by atoms with Gasteiger partial charge in [0.15, 0.2) is 6.10 Å². The maximum atomic E-state index is 12.6. The van der Waals surface area contributed by atoms with Gasteiger partial charge >= 0.3 is 18.2 Å². The molecule has 1 aliphatic carbocycles. The lowest BCUT2D eigenvalue weighted by Gasteiger charge is -2.35. The zero-order chi connectivity index (χ0) is 29.5. The van der Waals surface area contributed by atoms with Gasteiger partial charge in [-0.1, -0.05) is 42.3 Å². The third-order valence-corrected chi connectivity index (χ3v) is 6.78. The van der Waals surface area contributed by atoms with E-state index in [1.54, 1.807) is 0 Å². The summed E-state index contributed by atoms with van der Waals surface area (Å²) in [4.78, 5) is 38.1. The highest BCUT2D eigenvalue weighted by molar-refractivity contribution is 6.35. The Morgan fingerprint density at radius 1 is 1.23 bits per heavy atom. The highest BCUT2D eigenvalue weighted by Crippen LogP contribution is 2.44. The first-order valence-electron chi connectivity index (χ1n) is 12.3. The first kappa shape index (κ1) is 31.2. The third kappa shape index (κ3) is 8.86. The fourth-order valence-electron chi connectivity index (χ4n) is 3.85. The molecule has 2 aliphatic rings. The number of carbonyl (C=O) groups excluding carboxylic acids is 2. The van der Waals surface area contributed by atoms with Crippen LogP contribution in [0.15, 0.2) is 36.5 Å². The quantitative estimate of drug-likeness (QED) is 0.286. The molecule has 0 bridgehead atoms. The molecule has 1 saturated carbocycles.